The van der Waals surface area contributed by atoms with Gasteiger partial charge in [-0.1, -0.05) is 35.9 Å². The molecule has 1 aliphatic rings. The number of hydrogen-bond donors (Lipinski definition) is 1. The van der Waals surface area contributed by atoms with E-state index < -0.39 is 10.0 Å². The third-order valence-corrected chi connectivity index (χ3v) is 6.53. The third-order valence-electron chi connectivity index (χ3n) is 4.64. The first kappa shape index (κ1) is 19.5. The van der Waals surface area contributed by atoms with Gasteiger partial charge in [0.15, 0.2) is 0 Å². The van der Waals surface area contributed by atoms with Crippen LogP contribution in [0.25, 0.3) is 0 Å². The Bertz CT molecular complexity index is 917. The fraction of sp³-hybridized carbons (Fsp3) is 0.350. The maximum absolute atomic E-state index is 12.8. The summed E-state index contributed by atoms with van der Waals surface area (Å²) in [6.07, 6.45) is 0. The molecule has 1 fully saturated rings. The van der Waals surface area contributed by atoms with Crippen molar-refractivity contribution in [3.8, 4) is 0 Å². The van der Waals surface area contributed by atoms with Crippen molar-refractivity contribution < 1.29 is 17.9 Å². The van der Waals surface area contributed by atoms with Gasteiger partial charge in [-0.05, 0) is 37.1 Å². The van der Waals surface area contributed by atoms with Gasteiger partial charge in [0.05, 0.1) is 18.1 Å². The molecule has 2 aromatic carbocycles. The Morgan fingerprint density at radius 2 is 1.74 bits per heavy atom. The minimum absolute atomic E-state index is 0.135. The molecule has 6 nitrogen and oxygen atoms in total. The van der Waals surface area contributed by atoms with Crippen LogP contribution >= 0.6 is 0 Å². The van der Waals surface area contributed by atoms with E-state index in [9.17, 15) is 13.2 Å². The molecular weight excluding hydrogens is 364 g/mol. The number of rotatable bonds is 5. The Morgan fingerprint density at radius 3 is 2.41 bits per heavy atom. The number of carbonyl (C=O) groups is 1. The van der Waals surface area contributed by atoms with Gasteiger partial charge >= 0.3 is 0 Å². The molecule has 1 N–H and O–H groups in total. The SMILES string of the molecule is Cc1ccc(CNC(=O)c2cc(S(=O)(=O)N3CCOCC3)ccc2C)cc1. The molecule has 0 bridgehead atoms. The summed E-state index contributed by atoms with van der Waals surface area (Å²) in [4.78, 5) is 12.8. The van der Waals surface area contributed by atoms with E-state index in [2.05, 4.69) is 5.32 Å². The molecule has 0 radical (unpaired) electrons. The molecule has 144 valence electrons. The summed E-state index contributed by atoms with van der Waals surface area (Å²) >= 11 is 0. The highest BCUT2D eigenvalue weighted by atomic mass is 32.2. The van der Waals surface area contributed by atoms with E-state index in [0.717, 1.165) is 16.7 Å². The van der Waals surface area contributed by atoms with Gasteiger partial charge in [-0.15, -0.1) is 0 Å². The topological polar surface area (TPSA) is 75.7 Å². The van der Waals surface area contributed by atoms with Crippen molar-refractivity contribution in [2.24, 2.45) is 0 Å². The zero-order valence-electron chi connectivity index (χ0n) is 15.6. The van der Waals surface area contributed by atoms with Gasteiger partial charge in [0, 0.05) is 25.2 Å². The molecule has 0 unspecified atom stereocenters. The molecule has 1 aliphatic heterocycles. The second-order valence-electron chi connectivity index (χ2n) is 6.66. The summed E-state index contributed by atoms with van der Waals surface area (Å²) < 4.78 is 32.3. The van der Waals surface area contributed by atoms with Crippen LogP contribution in [0.3, 0.4) is 0 Å². The summed E-state index contributed by atoms with van der Waals surface area (Å²) in [6.45, 7) is 5.61. The first-order valence-electron chi connectivity index (χ1n) is 8.90. The first-order valence-corrected chi connectivity index (χ1v) is 10.3. The fourth-order valence-corrected chi connectivity index (χ4v) is 4.36. The molecule has 0 aromatic heterocycles. The van der Waals surface area contributed by atoms with Crippen LogP contribution in [0.4, 0.5) is 0 Å². The molecule has 1 saturated heterocycles. The van der Waals surface area contributed by atoms with Gasteiger partial charge in [-0.3, -0.25) is 4.79 Å². The van der Waals surface area contributed by atoms with Gasteiger partial charge in [0.25, 0.3) is 5.91 Å². The summed E-state index contributed by atoms with van der Waals surface area (Å²) in [5.74, 6) is -0.285. The van der Waals surface area contributed by atoms with E-state index in [1.54, 1.807) is 19.1 Å². The predicted octanol–water partition coefficient (Wildman–Crippen LogP) is 2.25. The Balaban J connectivity index is 1.78. The normalized spacial score (nSPS) is 15.5. The number of amides is 1. The molecular formula is C20H24N2O4S. The highest BCUT2D eigenvalue weighted by Gasteiger charge is 2.27. The average Bonchev–Trinajstić information content (AvgIpc) is 2.68. The van der Waals surface area contributed by atoms with Crippen molar-refractivity contribution in [2.45, 2.75) is 25.3 Å². The molecule has 7 heteroatoms. The highest BCUT2D eigenvalue weighted by Crippen LogP contribution is 2.20. The molecule has 1 heterocycles. The maximum Gasteiger partial charge on any atom is 0.251 e. The third kappa shape index (κ3) is 4.55. The van der Waals surface area contributed by atoms with Crippen LogP contribution in [0.2, 0.25) is 0 Å². The standard InChI is InChI=1S/C20H24N2O4S/c1-15-3-6-17(7-4-15)14-21-20(23)19-13-18(8-5-16(19)2)27(24,25)22-9-11-26-12-10-22/h3-8,13H,9-12,14H2,1-2H3,(H,21,23). The van der Waals surface area contributed by atoms with E-state index in [-0.39, 0.29) is 10.8 Å². The molecule has 0 atom stereocenters. The lowest BCUT2D eigenvalue weighted by molar-refractivity contribution is 0.0730. The van der Waals surface area contributed by atoms with E-state index in [4.69, 9.17) is 4.74 Å². The highest BCUT2D eigenvalue weighted by molar-refractivity contribution is 7.89. The minimum atomic E-state index is -3.63. The van der Waals surface area contributed by atoms with E-state index in [0.29, 0.717) is 38.4 Å². The van der Waals surface area contributed by atoms with Crippen LogP contribution < -0.4 is 5.32 Å². The van der Waals surface area contributed by atoms with E-state index >= 15 is 0 Å². The monoisotopic (exact) mass is 388 g/mol. The van der Waals surface area contributed by atoms with Crippen LogP contribution in [0.1, 0.15) is 27.0 Å². The average molecular weight is 388 g/mol. The number of carbonyl (C=O) groups excluding carboxylic acids is 1. The number of aryl methyl sites for hydroxylation is 2. The van der Waals surface area contributed by atoms with Gasteiger partial charge < -0.3 is 10.1 Å². The van der Waals surface area contributed by atoms with E-state index in [1.807, 2.05) is 31.2 Å². The van der Waals surface area contributed by atoms with Crippen LogP contribution in [-0.2, 0) is 21.3 Å². The van der Waals surface area contributed by atoms with Crippen molar-refractivity contribution in [3.63, 3.8) is 0 Å². The number of ether oxygens (including phenoxy) is 1. The Hall–Kier alpha value is -2.22. The summed E-state index contributed by atoms with van der Waals surface area (Å²) in [5.41, 5.74) is 3.25. The fourth-order valence-electron chi connectivity index (χ4n) is 2.93. The molecule has 0 spiro atoms. The quantitative estimate of drug-likeness (QED) is 0.852. The first-order chi connectivity index (χ1) is 12.9. The van der Waals surface area contributed by atoms with Gasteiger partial charge in [-0.2, -0.15) is 4.31 Å². The van der Waals surface area contributed by atoms with Crippen molar-refractivity contribution in [3.05, 3.63) is 64.7 Å². The second kappa shape index (κ2) is 8.21. The molecule has 0 aliphatic carbocycles. The number of nitrogens with one attached hydrogen (secondary N) is 1. The summed E-state index contributed by atoms with van der Waals surface area (Å²) in [6, 6.07) is 12.6. The summed E-state index contributed by atoms with van der Waals surface area (Å²) in [7, 11) is -3.63. The van der Waals surface area contributed by atoms with Crippen LogP contribution in [0.15, 0.2) is 47.4 Å². The molecule has 1 amide bonds. The zero-order chi connectivity index (χ0) is 19.4. The smallest absolute Gasteiger partial charge is 0.251 e. The van der Waals surface area contributed by atoms with Crippen LogP contribution in [0.5, 0.6) is 0 Å². The predicted molar refractivity (Wildman–Crippen MR) is 103 cm³/mol. The van der Waals surface area contributed by atoms with E-state index in [1.165, 1.54) is 10.4 Å². The Kier molecular flexibility index (Phi) is 5.94. The lowest BCUT2D eigenvalue weighted by Crippen LogP contribution is -2.40. The van der Waals surface area contributed by atoms with Crippen molar-refractivity contribution in [2.75, 3.05) is 26.3 Å². The lowest BCUT2D eigenvalue weighted by atomic mass is 10.1. The van der Waals surface area contributed by atoms with Crippen LogP contribution in [-0.4, -0.2) is 44.9 Å². The van der Waals surface area contributed by atoms with Gasteiger partial charge in [0.1, 0.15) is 0 Å². The lowest BCUT2D eigenvalue weighted by Gasteiger charge is -2.26. The number of benzene rings is 2. The largest absolute Gasteiger partial charge is 0.379 e. The number of morpholine rings is 1. The van der Waals surface area contributed by atoms with Gasteiger partial charge in [0.2, 0.25) is 10.0 Å². The summed E-state index contributed by atoms with van der Waals surface area (Å²) in [5, 5.41) is 2.87. The molecule has 27 heavy (non-hydrogen) atoms. The molecule has 0 saturated carbocycles. The number of nitrogens with zero attached hydrogens (tertiary/aromatic N) is 1. The molecule has 2 aromatic rings. The van der Waals surface area contributed by atoms with Crippen molar-refractivity contribution in [1.29, 1.82) is 0 Å². The zero-order valence-corrected chi connectivity index (χ0v) is 16.4. The minimum Gasteiger partial charge on any atom is -0.379 e. The molecule has 3 rings (SSSR count). The van der Waals surface area contributed by atoms with Crippen molar-refractivity contribution in [1.82, 2.24) is 9.62 Å². The Labute approximate surface area is 160 Å². The number of hydrogen-bond acceptors (Lipinski definition) is 4. The van der Waals surface area contributed by atoms with Crippen molar-refractivity contribution >= 4 is 15.9 Å². The van der Waals surface area contributed by atoms with Gasteiger partial charge in [-0.25, -0.2) is 8.42 Å². The maximum atomic E-state index is 12.8. The number of sulfonamides is 1. The van der Waals surface area contributed by atoms with Crippen LogP contribution in [0, 0.1) is 13.8 Å². The second-order valence-corrected chi connectivity index (χ2v) is 8.60. The Morgan fingerprint density at radius 1 is 1.07 bits per heavy atom.